The van der Waals surface area contributed by atoms with E-state index in [0.29, 0.717) is 19.8 Å². The first-order valence-corrected chi connectivity index (χ1v) is 9.03. The standard InChI is InChI=1S/C11H27N3O3Si/c1-4-15-18(3,16-5-2)17-11-8-13-14-9-6-12-7-10-14/h12-13H,4-11H2,1-3H3. The van der Waals surface area contributed by atoms with Crippen LogP contribution in [0.25, 0.3) is 0 Å². The summed E-state index contributed by atoms with van der Waals surface area (Å²) < 4.78 is 17.0. The molecule has 0 aromatic carbocycles. The minimum absolute atomic E-state index is 0.618. The fraction of sp³-hybridized carbons (Fsp3) is 1.00. The number of piperazine rings is 1. The Morgan fingerprint density at radius 1 is 1.11 bits per heavy atom. The second kappa shape index (κ2) is 8.97. The Hall–Kier alpha value is -0.0231. The van der Waals surface area contributed by atoms with Crippen LogP contribution in [0.1, 0.15) is 13.8 Å². The Labute approximate surface area is 111 Å². The Balaban J connectivity index is 2.13. The Morgan fingerprint density at radius 2 is 1.72 bits per heavy atom. The molecule has 0 atom stereocenters. The maximum absolute atomic E-state index is 5.79. The largest absolute Gasteiger partial charge is 0.497 e. The molecule has 1 rings (SSSR count). The van der Waals surface area contributed by atoms with Crippen LogP contribution in [0, 0.1) is 0 Å². The molecule has 0 spiro atoms. The van der Waals surface area contributed by atoms with E-state index in [4.69, 9.17) is 13.3 Å². The van der Waals surface area contributed by atoms with Crippen LogP contribution >= 0.6 is 0 Å². The van der Waals surface area contributed by atoms with E-state index < -0.39 is 8.80 Å². The van der Waals surface area contributed by atoms with Crippen LogP contribution in [-0.2, 0) is 13.3 Å². The summed E-state index contributed by atoms with van der Waals surface area (Å²) in [6, 6.07) is 0. The molecule has 0 radical (unpaired) electrons. The average Bonchev–Trinajstić information content (AvgIpc) is 2.37. The first kappa shape index (κ1) is 16.0. The minimum Gasteiger partial charge on any atom is -0.374 e. The maximum Gasteiger partial charge on any atom is 0.497 e. The molecule has 0 saturated carbocycles. The molecule has 7 heteroatoms. The molecule has 0 bridgehead atoms. The van der Waals surface area contributed by atoms with Crippen molar-refractivity contribution in [2.75, 3.05) is 52.5 Å². The monoisotopic (exact) mass is 277 g/mol. The summed E-state index contributed by atoms with van der Waals surface area (Å²) in [6.07, 6.45) is 0. The Morgan fingerprint density at radius 3 is 2.28 bits per heavy atom. The van der Waals surface area contributed by atoms with Crippen molar-refractivity contribution in [2.45, 2.75) is 20.4 Å². The first-order valence-electron chi connectivity index (χ1n) is 6.81. The summed E-state index contributed by atoms with van der Waals surface area (Å²) in [5.74, 6) is 0. The van der Waals surface area contributed by atoms with Crippen molar-refractivity contribution in [3.63, 3.8) is 0 Å². The molecule has 1 fully saturated rings. The normalized spacial score (nSPS) is 18.2. The van der Waals surface area contributed by atoms with Crippen molar-refractivity contribution in [2.24, 2.45) is 0 Å². The topological polar surface area (TPSA) is 55.0 Å². The third kappa shape index (κ3) is 6.23. The van der Waals surface area contributed by atoms with Crippen molar-refractivity contribution in [3.05, 3.63) is 0 Å². The quantitative estimate of drug-likeness (QED) is 0.459. The second-order valence-corrected chi connectivity index (χ2v) is 6.81. The predicted molar refractivity (Wildman–Crippen MR) is 73.3 cm³/mol. The fourth-order valence-corrected chi connectivity index (χ4v) is 3.68. The van der Waals surface area contributed by atoms with E-state index in [0.717, 1.165) is 32.7 Å². The zero-order valence-electron chi connectivity index (χ0n) is 11.8. The van der Waals surface area contributed by atoms with Gasteiger partial charge in [-0.15, -0.1) is 0 Å². The van der Waals surface area contributed by atoms with Crippen molar-refractivity contribution in [3.8, 4) is 0 Å². The molecule has 1 aliphatic heterocycles. The van der Waals surface area contributed by atoms with Gasteiger partial charge >= 0.3 is 8.80 Å². The fourth-order valence-electron chi connectivity index (χ4n) is 1.91. The summed E-state index contributed by atoms with van der Waals surface area (Å²) in [4.78, 5) is 0. The molecular formula is C11H27N3O3Si. The Kier molecular flexibility index (Phi) is 7.99. The van der Waals surface area contributed by atoms with E-state index >= 15 is 0 Å². The number of hydrogen-bond donors (Lipinski definition) is 2. The van der Waals surface area contributed by atoms with Gasteiger partial charge in [0.15, 0.2) is 0 Å². The molecule has 18 heavy (non-hydrogen) atoms. The summed E-state index contributed by atoms with van der Waals surface area (Å²) in [7, 11) is -2.41. The molecular weight excluding hydrogens is 250 g/mol. The number of rotatable bonds is 9. The molecule has 0 aromatic rings. The van der Waals surface area contributed by atoms with Gasteiger partial charge in [0.25, 0.3) is 0 Å². The van der Waals surface area contributed by atoms with Gasteiger partial charge in [-0.3, -0.25) is 5.43 Å². The second-order valence-electron chi connectivity index (χ2n) is 4.22. The van der Waals surface area contributed by atoms with Crippen LogP contribution in [-0.4, -0.2) is 66.4 Å². The molecule has 1 heterocycles. The van der Waals surface area contributed by atoms with Gasteiger partial charge in [0, 0.05) is 52.5 Å². The molecule has 6 nitrogen and oxygen atoms in total. The van der Waals surface area contributed by atoms with Crippen molar-refractivity contribution in [1.82, 2.24) is 15.8 Å². The van der Waals surface area contributed by atoms with E-state index in [2.05, 4.69) is 15.8 Å². The lowest BCUT2D eigenvalue weighted by Crippen LogP contribution is -2.51. The third-order valence-electron chi connectivity index (χ3n) is 2.73. The van der Waals surface area contributed by atoms with Gasteiger partial charge < -0.3 is 18.6 Å². The van der Waals surface area contributed by atoms with E-state index in [1.54, 1.807) is 0 Å². The highest BCUT2D eigenvalue weighted by Gasteiger charge is 2.33. The zero-order chi connectivity index (χ0) is 13.3. The first-order chi connectivity index (χ1) is 8.70. The highest BCUT2D eigenvalue weighted by atomic mass is 28.4. The van der Waals surface area contributed by atoms with E-state index in [1.807, 2.05) is 20.4 Å². The van der Waals surface area contributed by atoms with Crippen molar-refractivity contribution in [1.29, 1.82) is 0 Å². The van der Waals surface area contributed by atoms with Crippen LogP contribution in [0.5, 0.6) is 0 Å². The van der Waals surface area contributed by atoms with E-state index in [9.17, 15) is 0 Å². The van der Waals surface area contributed by atoms with Crippen LogP contribution < -0.4 is 10.7 Å². The molecule has 0 aromatic heterocycles. The number of hydrazine groups is 1. The lowest BCUT2D eigenvalue weighted by atomic mass is 10.4. The van der Waals surface area contributed by atoms with E-state index in [1.165, 1.54) is 0 Å². The molecule has 1 saturated heterocycles. The lowest BCUT2D eigenvalue weighted by molar-refractivity contribution is 0.0657. The highest BCUT2D eigenvalue weighted by Crippen LogP contribution is 2.08. The minimum atomic E-state index is -2.41. The van der Waals surface area contributed by atoms with Crippen LogP contribution in [0.2, 0.25) is 6.55 Å². The number of nitrogens with zero attached hydrogens (tertiary/aromatic N) is 1. The Bertz CT molecular complexity index is 210. The summed E-state index contributed by atoms with van der Waals surface area (Å²) in [5, 5.41) is 5.54. The molecule has 0 aliphatic carbocycles. The number of nitrogens with one attached hydrogen (secondary N) is 2. The van der Waals surface area contributed by atoms with Gasteiger partial charge in [-0.1, -0.05) is 0 Å². The zero-order valence-corrected chi connectivity index (χ0v) is 12.8. The third-order valence-corrected chi connectivity index (χ3v) is 5.09. The van der Waals surface area contributed by atoms with Crippen LogP contribution in [0.3, 0.4) is 0 Å². The highest BCUT2D eigenvalue weighted by molar-refractivity contribution is 6.59. The molecule has 1 aliphatic rings. The van der Waals surface area contributed by atoms with Crippen molar-refractivity contribution >= 4 is 8.80 Å². The van der Waals surface area contributed by atoms with E-state index in [-0.39, 0.29) is 0 Å². The lowest BCUT2D eigenvalue weighted by Gasteiger charge is -2.29. The summed E-state index contributed by atoms with van der Waals surface area (Å²) >= 11 is 0. The molecule has 108 valence electrons. The van der Waals surface area contributed by atoms with Gasteiger partial charge in [0.1, 0.15) is 0 Å². The van der Waals surface area contributed by atoms with Gasteiger partial charge in [-0.2, -0.15) is 0 Å². The van der Waals surface area contributed by atoms with Gasteiger partial charge in [0.05, 0.1) is 6.61 Å². The van der Waals surface area contributed by atoms with Crippen molar-refractivity contribution < 1.29 is 13.3 Å². The smallest absolute Gasteiger partial charge is 0.374 e. The van der Waals surface area contributed by atoms with Gasteiger partial charge in [0.2, 0.25) is 0 Å². The maximum atomic E-state index is 5.79. The summed E-state index contributed by atoms with van der Waals surface area (Å²) in [5.41, 5.74) is 3.36. The molecule has 2 N–H and O–H groups in total. The molecule has 0 unspecified atom stereocenters. The van der Waals surface area contributed by atoms with Crippen LogP contribution in [0.4, 0.5) is 0 Å². The van der Waals surface area contributed by atoms with Gasteiger partial charge in [-0.25, -0.2) is 5.01 Å². The number of hydrogen-bond acceptors (Lipinski definition) is 6. The average molecular weight is 277 g/mol. The van der Waals surface area contributed by atoms with Gasteiger partial charge in [-0.05, 0) is 13.8 Å². The molecule has 0 amide bonds. The predicted octanol–water partition coefficient (Wildman–Crippen LogP) is 0.0545. The van der Waals surface area contributed by atoms with Crippen LogP contribution in [0.15, 0.2) is 0 Å². The SMILES string of the molecule is CCO[Si](C)(OCC)OCCNN1CCNCC1. The summed E-state index contributed by atoms with van der Waals surface area (Å²) in [6.45, 7) is 12.7.